The van der Waals surface area contributed by atoms with Gasteiger partial charge in [0.2, 0.25) is 0 Å². The minimum atomic E-state index is -0.255. The number of carbonyl (C=O) groups is 2. The SMILES string of the molecule is O=C(Nc1ccc(NC(=O)c2cccc(Cl)c2)cc1)c1cccnc1. The number of benzene rings is 2. The van der Waals surface area contributed by atoms with E-state index in [4.69, 9.17) is 11.6 Å². The second kappa shape index (κ2) is 7.59. The van der Waals surface area contributed by atoms with E-state index in [0.29, 0.717) is 27.5 Å². The highest BCUT2D eigenvalue weighted by molar-refractivity contribution is 6.31. The van der Waals surface area contributed by atoms with Crippen LogP contribution in [0, 0.1) is 0 Å². The molecule has 0 fully saturated rings. The fourth-order valence-corrected chi connectivity index (χ4v) is 2.36. The average molecular weight is 352 g/mol. The number of rotatable bonds is 4. The minimum Gasteiger partial charge on any atom is -0.322 e. The van der Waals surface area contributed by atoms with E-state index in [1.165, 1.54) is 6.20 Å². The Balaban J connectivity index is 1.64. The lowest BCUT2D eigenvalue weighted by atomic mass is 10.2. The molecule has 0 radical (unpaired) electrons. The highest BCUT2D eigenvalue weighted by atomic mass is 35.5. The van der Waals surface area contributed by atoms with Gasteiger partial charge in [-0.15, -0.1) is 0 Å². The fourth-order valence-electron chi connectivity index (χ4n) is 2.17. The summed E-state index contributed by atoms with van der Waals surface area (Å²) in [6, 6.07) is 16.9. The quantitative estimate of drug-likeness (QED) is 0.738. The number of aromatic nitrogens is 1. The third-order valence-corrected chi connectivity index (χ3v) is 3.65. The number of nitrogens with zero attached hydrogens (tertiary/aromatic N) is 1. The summed E-state index contributed by atoms with van der Waals surface area (Å²) in [6.07, 6.45) is 3.10. The van der Waals surface area contributed by atoms with Gasteiger partial charge in [0, 0.05) is 34.4 Å². The molecule has 1 heterocycles. The third kappa shape index (κ3) is 4.43. The lowest BCUT2D eigenvalue weighted by Crippen LogP contribution is -2.13. The molecule has 5 nitrogen and oxygen atoms in total. The molecule has 0 aliphatic heterocycles. The summed E-state index contributed by atoms with van der Waals surface area (Å²) in [6.45, 7) is 0. The molecule has 0 unspecified atom stereocenters. The zero-order valence-corrected chi connectivity index (χ0v) is 13.8. The normalized spacial score (nSPS) is 10.1. The van der Waals surface area contributed by atoms with Gasteiger partial charge in [-0.3, -0.25) is 14.6 Å². The van der Waals surface area contributed by atoms with Crippen LogP contribution in [0.15, 0.2) is 73.1 Å². The van der Waals surface area contributed by atoms with E-state index in [9.17, 15) is 9.59 Å². The van der Waals surface area contributed by atoms with E-state index in [2.05, 4.69) is 15.6 Å². The zero-order valence-electron chi connectivity index (χ0n) is 13.1. The predicted octanol–water partition coefficient (Wildman–Crippen LogP) is 4.24. The van der Waals surface area contributed by atoms with E-state index in [1.54, 1.807) is 66.9 Å². The third-order valence-electron chi connectivity index (χ3n) is 3.41. The number of carbonyl (C=O) groups excluding carboxylic acids is 2. The number of hydrogen-bond acceptors (Lipinski definition) is 3. The summed E-state index contributed by atoms with van der Waals surface area (Å²) in [5.74, 6) is -0.501. The minimum absolute atomic E-state index is 0.246. The molecule has 0 saturated carbocycles. The van der Waals surface area contributed by atoms with Crippen molar-refractivity contribution in [2.24, 2.45) is 0 Å². The maximum absolute atomic E-state index is 12.2. The fraction of sp³-hybridized carbons (Fsp3) is 0. The van der Waals surface area contributed by atoms with Crippen molar-refractivity contribution in [3.63, 3.8) is 0 Å². The Morgan fingerprint density at radius 1 is 0.800 bits per heavy atom. The van der Waals surface area contributed by atoms with Crippen molar-refractivity contribution in [1.29, 1.82) is 0 Å². The molecule has 0 saturated heterocycles. The second-order valence-electron chi connectivity index (χ2n) is 5.24. The number of anilines is 2. The van der Waals surface area contributed by atoms with Crippen LogP contribution in [0.1, 0.15) is 20.7 Å². The van der Waals surface area contributed by atoms with Crippen molar-refractivity contribution in [3.8, 4) is 0 Å². The number of halogens is 1. The molecule has 0 aliphatic rings. The van der Waals surface area contributed by atoms with Crippen molar-refractivity contribution in [1.82, 2.24) is 4.98 Å². The Morgan fingerprint density at radius 3 is 1.96 bits per heavy atom. The van der Waals surface area contributed by atoms with Crippen LogP contribution in [0.2, 0.25) is 5.02 Å². The van der Waals surface area contributed by atoms with Crippen LogP contribution in [0.5, 0.6) is 0 Å². The molecule has 3 rings (SSSR count). The first-order valence-corrected chi connectivity index (χ1v) is 7.88. The maximum Gasteiger partial charge on any atom is 0.257 e. The monoisotopic (exact) mass is 351 g/mol. The van der Waals surface area contributed by atoms with Gasteiger partial charge in [-0.25, -0.2) is 0 Å². The molecule has 2 N–H and O–H groups in total. The molecule has 3 aromatic rings. The maximum atomic E-state index is 12.2. The average Bonchev–Trinajstić information content (AvgIpc) is 2.64. The van der Waals surface area contributed by atoms with E-state index in [0.717, 1.165) is 0 Å². The summed E-state index contributed by atoms with van der Waals surface area (Å²) in [4.78, 5) is 28.1. The molecular weight excluding hydrogens is 338 g/mol. The van der Waals surface area contributed by atoms with E-state index in [-0.39, 0.29) is 11.8 Å². The molecule has 2 amide bonds. The lowest BCUT2D eigenvalue weighted by molar-refractivity contribution is 0.101. The molecule has 25 heavy (non-hydrogen) atoms. The van der Waals surface area contributed by atoms with Gasteiger partial charge in [0.1, 0.15) is 0 Å². The smallest absolute Gasteiger partial charge is 0.257 e. The molecule has 1 aromatic heterocycles. The summed E-state index contributed by atoms with van der Waals surface area (Å²) in [7, 11) is 0. The molecule has 0 aliphatic carbocycles. The van der Waals surface area contributed by atoms with Gasteiger partial charge < -0.3 is 10.6 Å². The Morgan fingerprint density at radius 2 is 1.40 bits per heavy atom. The first kappa shape index (κ1) is 16.7. The van der Waals surface area contributed by atoms with E-state index >= 15 is 0 Å². The Bertz CT molecular complexity index is 896. The van der Waals surface area contributed by atoms with Crippen molar-refractivity contribution < 1.29 is 9.59 Å². The topological polar surface area (TPSA) is 71.1 Å². The first-order chi connectivity index (χ1) is 12.1. The van der Waals surface area contributed by atoms with Crippen LogP contribution >= 0.6 is 11.6 Å². The van der Waals surface area contributed by atoms with Gasteiger partial charge in [-0.05, 0) is 54.6 Å². The number of pyridine rings is 1. The van der Waals surface area contributed by atoms with Gasteiger partial charge >= 0.3 is 0 Å². The van der Waals surface area contributed by atoms with Gasteiger partial charge in [0.25, 0.3) is 11.8 Å². The van der Waals surface area contributed by atoms with Crippen molar-refractivity contribution >= 4 is 34.8 Å². The zero-order chi connectivity index (χ0) is 17.6. The van der Waals surface area contributed by atoms with Gasteiger partial charge in [-0.1, -0.05) is 17.7 Å². The molecule has 0 atom stereocenters. The van der Waals surface area contributed by atoms with Gasteiger partial charge in [0.05, 0.1) is 5.56 Å². The van der Waals surface area contributed by atoms with Crippen LogP contribution < -0.4 is 10.6 Å². The van der Waals surface area contributed by atoms with Crippen LogP contribution in [-0.2, 0) is 0 Å². The molecule has 0 spiro atoms. The van der Waals surface area contributed by atoms with Crippen molar-refractivity contribution in [3.05, 3.63) is 89.2 Å². The Kier molecular flexibility index (Phi) is 5.06. The lowest BCUT2D eigenvalue weighted by Gasteiger charge is -2.08. The molecule has 0 bridgehead atoms. The predicted molar refractivity (Wildman–Crippen MR) is 98.0 cm³/mol. The second-order valence-corrected chi connectivity index (χ2v) is 5.67. The van der Waals surface area contributed by atoms with Crippen LogP contribution in [0.25, 0.3) is 0 Å². The number of amides is 2. The summed E-state index contributed by atoms with van der Waals surface area (Å²) >= 11 is 5.89. The molecular formula is C19H14ClN3O2. The highest BCUT2D eigenvalue weighted by Crippen LogP contribution is 2.17. The first-order valence-electron chi connectivity index (χ1n) is 7.50. The van der Waals surface area contributed by atoms with E-state index in [1.807, 2.05) is 0 Å². The van der Waals surface area contributed by atoms with Crippen LogP contribution in [0.4, 0.5) is 11.4 Å². The summed E-state index contributed by atoms with van der Waals surface area (Å²) in [5, 5.41) is 6.05. The summed E-state index contributed by atoms with van der Waals surface area (Å²) in [5.41, 5.74) is 2.18. The Hall–Kier alpha value is -3.18. The van der Waals surface area contributed by atoms with Crippen LogP contribution in [0.3, 0.4) is 0 Å². The molecule has 2 aromatic carbocycles. The largest absolute Gasteiger partial charge is 0.322 e. The number of hydrogen-bond donors (Lipinski definition) is 2. The summed E-state index contributed by atoms with van der Waals surface area (Å²) < 4.78 is 0. The Labute approximate surface area is 149 Å². The van der Waals surface area contributed by atoms with Crippen molar-refractivity contribution in [2.45, 2.75) is 0 Å². The standard InChI is InChI=1S/C19H14ClN3O2/c20-15-5-1-3-13(11-15)18(24)22-16-6-8-17(9-7-16)23-19(25)14-4-2-10-21-12-14/h1-12H,(H,22,24)(H,23,25). The molecule has 6 heteroatoms. The van der Waals surface area contributed by atoms with Gasteiger partial charge in [-0.2, -0.15) is 0 Å². The highest BCUT2D eigenvalue weighted by Gasteiger charge is 2.08. The van der Waals surface area contributed by atoms with Crippen LogP contribution in [-0.4, -0.2) is 16.8 Å². The van der Waals surface area contributed by atoms with Gasteiger partial charge in [0.15, 0.2) is 0 Å². The van der Waals surface area contributed by atoms with E-state index < -0.39 is 0 Å². The molecule has 124 valence electrons. The van der Waals surface area contributed by atoms with Crippen molar-refractivity contribution in [2.75, 3.05) is 10.6 Å². The number of nitrogens with one attached hydrogen (secondary N) is 2.